The summed E-state index contributed by atoms with van der Waals surface area (Å²) in [5.74, 6) is -1.58. The van der Waals surface area contributed by atoms with Crippen LogP contribution in [0.2, 0.25) is 10.0 Å². The number of ether oxygens (including phenoxy) is 1. The highest BCUT2D eigenvalue weighted by molar-refractivity contribution is 6.38. The van der Waals surface area contributed by atoms with Gasteiger partial charge < -0.3 is 4.74 Å². The van der Waals surface area contributed by atoms with Crippen LogP contribution in [0.1, 0.15) is 16.5 Å². The molecule has 0 amide bonds. The number of halogens is 5. The maximum absolute atomic E-state index is 14.0. The Kier molecular flexibility index (Phi) is 4.74. The summed E-state index contributed by atoms with van der Waals surface area (Å²) in [6.45, 7) is 0. The van der Waals surface area contributed by atoms with Gasteiger partial charge in [-0.15, -0.1) is 11.6 Å². The Balaban J connectivity index is 2.57. The normalized spacial score (nSPS) is 12.3. The number of hydrogen-bond donors (Lipinski definition) is 0. The second-order valence-electron chi connectivity index (χ2n) is 4.00. The van der Waals surface area contributed by atoms with Crippen molar-refractivity contribution in [3.63, 3.8) is 0 Å². The molecule has 106 valence electrons. The van der Waals surface area contributed by atoms with Crippen LogP contribution in [0.3, 0.4) is 0 Å². The largest absolute Gasteiger partial charge is 0.497 e. The van der Waals surface area contributed by atoms with Crippen LogP contribution >= 0.6 is 34.8 Å². The summed E-state index contributed by atoms with van der Waals surface area (Å²) in [5.41, 5.74) is -0.0528. The van der Waals surface area contributed by atoms with Crippen LogP contribution in [-0.4, -0.2) is 7.11 Å². The third kappa shape index (κ3) is 2.85. The highest BCUT2D eigenvalue weighted by atomic mass is 35.5. The Morgan fingerprint density at radius 2 is 1.50 bits per heavy atom. The molecule has 0 aliphatic carbocycles. The van der Waals surface area contributed by atoms with Gasteiger partial charge in [0.05, 0.1) is 12.5 Å². The molecule has 0 saturated heterocycles. The van der Waals surface area contributed by atoms with E-state index in [1.807, 2.05) is 0 Å². The summed E-state index contributed by atoms with van der Waals surface area (Å²) in [7, 11) is 1.32. The van der Waals surface area contributed by atoms with Gasteiger partial charge in [0, 0.05) is 33.3 Å². The molecular formula is C14H9Cl3F2O. The quantitative estimate of drug-likeness (QED) is 0.662. The number of rotatable bonds is 3. The summed E-state index contributed by atoms with van der Waals surface area (Å²) in [5, 5.41) is -0.652. The molecule has 2 rings (SSSR count). The van der Waals surface area contributed by atoms with E-state index in [1.165, 1.54) is 7.11 Å². The first-order valence-corrected chi connectivity index (χ1v) is 6.75. The molecule has 0 saturated carbocycles. The van der Waals surface area contributed by atoms with Crippen molar-refractivity contribution in [1.82, 2.24) is 0 Å². The number of benzene rings is 2. The van der Waals surface area contributed by atoms with E-state index in [0.29, 0.717) is 0 Å². The monoisotopic (exact) mass is 336 g/mol. The second kappa shape index (κ2) is 6.17. The van der Waals surface area contributed by atoms with E-state index >= 15 is 0 Å². The van der Waals surface area contributed by atoms with Gasteiger partial charge in [0.1, 0.15) is 17.4 Å². The van der Waals surface area contributed by atoms with Crippen molar-refractivity contribution < 1.29 is 13.5 Å². The lowest BCUT2D eigenvalue weighted by Crippen LogP contribution is -2.03. The Bertz CT molecular complexity index is 603. The SMILES string of the molecule is COc1cc(F)c(C(Cl)c2c(Cl)cccc2Cl)c(F)c1. The molecule has 2 aromatic rings. The van der Waals surface area contributed by atoms with Gasteiger partial charge in [-0.05, 0) is 12.1 Å². The fourth-order valence-corrected chi connectivity index (χ4v) is 2.99. The lowest BCUT2D eigenvalue weighted by atomic mass is 10.0. The lowest BCUT2D eigenvalue weighted by Gasteiger charge is -2.16. The highest BCUT2D eigenvalue weighted by Gasteiger charge is 2.25. The second-order valence-corrected chi connectivity index (χ2v) is 5.25. The van der Waals surface area contributed by atoms with Gasteiger partial charge in [0.2, 0.25) is 0 Å². The van der Waals surface area contributed by atoms with Gasteiger partial charge in [0.15, 0.2) is 0 Å². The van der Waals surface area contributed by atoms with Crippen LogP contribution in [0, 0.1) is 11.6 Å². The molecule has 1 unspecified atom stereocenters. The van der Waals surface area contributed by atoms with Crippen LogP contribution < -0.4 is 4.74 Å². The first-order chi connectivity index (χ1) is 9.45. The third-order valence-corrected chi connectivity index (χ3v) is 3.89. The van der Waals surface area contributed by atoms with Gasteiger partial charge in [-0.25, -0.2) is 8.78 Å². The predicted molar refractivity (Wildman–Crippen MR) is 77.1 cm³/mol. The standard InChI is InChI=1S/C14H9Cl3F2O/c1-20-7-5-10(18)13(11(19)6-7)14(17)12-8(15)3-2-4-9(12)16/h2-6,14H,1H3. The van der Waals surface area contributed by atoms with E-state index in [-0.39, 0.29) is 26.9 Å². The smallest absolute Gasteiger partial charge is 0.134 e. The maximum atomic E-state index is 14.0. The molecule has 0 aliphatic heterocycles. The minimum Gasteiger partial charge on any atom is -0.497 e. The zero-order valence-electron chi connectivity index (χ0n) is 10.3. The molecule has 0 bridgehead atoms. The molecule has 2 aromatic carbocycles. The molecule has 0 aliphatic rings. The summed E-state index contributed by atoms with van der Waals surface area (Å²) >= 11 is 18.2. The van der Waals surface area contributed by atoms with Crippen LogP contribution in [-0.2, 0) is 0 Å². The van der Waals surface area contributed by atoms with Crippen molar-refractivity contribution in [3.8, 4) is 5.75 Å². The fraction of sp³-hybridized carbons (Fsp3) is 0.143. The van der Waals surface area contributed by atoms with Crippen LogP contribution in [0.25, 0.3) is 0 Å². The molecule has 6 heteroatoms. The van der Waals surface area contributed by atoms with Crippen molar-refractivity contribution in [3.05, 3.63) is 63.1 Å². The van der Waals surface area contributed by atoms with Gasteiger partial charge in [-0.2, -0.15) is 0 Å². The zero-order valence-corrected chi connectivity index (χ0v) is 12.5. The topological polar surface area (TPSA) is 9.23 Å². The van der Waals surface area contributed by atoms with Crippen LogP contribution in [0.4, 0.5) is 8.78 Å². The van der Waals surface area contributed by atoms with Crippen LogP contribution in [0.5, 0.6) is 5.75 Å². The minimum atomic E-state index is -1.14. The number of hydrogen-bond acceptors (Lipinski definition) is 1. The van der Waals surface area contributed by atoms with Gasteiger partial charge >= 0.3 is 0 Å². The van der Waals surface area contributed by atoms with Crippen molar-refractivity contribution in [2.45, 2.75) is 5.38 Å². The lowest BCUT2D eigenvalue weighted by molar-refractivity contribution is 0.405. The number of alkyl halides is 1. The predicted octanol–water partition coefficient (Wildman–Crippen LogP) is 5.61. The van der Waals surface area contributed by atoms with Gasteiger partial charge in [-0.1, -0.05) is 29.3 Å². The highest BCUT2D eigenvalue weighted by Crippen LogP contribution is 2.40. The summed E-state index contributed by atoms with van der Waals surface area (Å²) in [6.07, 6.45) is 0. The van der Waals surface area contributed by atoms with E-state index in [4.69, 9.17) is 39.5 Å². The maximum Gasteiger partial charge on any atom is 0.134 e. The van der Waals surface area contributed by atoms with E-state index in [2.05, 4.69) is 0 Å². The van der Waals surface area contributed by atoms with Gasteiger partial charge in [-0.3, -0.25) is 0 Å². The molecule has 0 aromatic heterocycles. The molecule has 1 atom stereocenters. The van der Waals surface area contributed by atoms with Crippen molar-refractivity contribution >= 4 is 34.8 Å². The average Bonchev–Trinajstić information content (AvgIpc) is 2.37. The van der Waals surface area contributed by atoms with Crippen molar-refractivity contribution in [2.24, 2.45) is 0 Å². The third-order valence-electron chi connectivity index (χ3n) is 2.79. The Morgan fingerprint density at radius 3 is 1.95 bits per heavy atom. The molecule has 0 spiro atoms. The molecule has 0 N–H and O–H groups in total. The first kappa shape index (κ1) is 15.4. The van der Waals surface area contributed by atoms with Gasteiger partial charge in [0.25, 0.3) is 0 Å². The molecular weight excluding hydrogens is 329 g/mol. The molecule has 0 fully saturated rings. The Labute approximate surface area is 130 Å². The van der Waals surface area contributed by atoms with E-state index < -0.39 is 17.0 Å². The first-order valence-electron chi connectivity index (χ1n) is 5.56. The molecule has 1 nitrogen and oxygen atoms in total. The van der Waals surface area contributed by atoms with E-state index in [1.54, 1.807) is 18.2 Å². The summed E-state index contributed by atoms with van der Waals surface area (Å²) in [4.78, 5) is 0. The Morgan fingerprint density at radius 1 is 1.00 bits per heavy atom. The number of methoxy groups -OCH3 is 1. The van der Waals surface area contributed by atoms with Crippen molar-refractivity contribution in [1.29, 1.82) is 0 Å². The van der Waals surface area contributed by atoms with Crippen molar-refractivity contribution in [2.75, 3.05) is 7.11 Å². The summed E-state index contributed by atoms with van der Waals surface area (Å²) in [6, 6.07) is 6.84. The molecule has 0 heterocycles. The minimum absolute atomic E-state index is 0.0675. The van der Waals surface area contributed by atoms with E-state index in [9.17, 15) is 8.78 Å². The zero-order chi connectivity index (χ0) is 14.9. The molecule has 0 radical (unpaired) electrons. The van der Waals surface area contributed by atoms with E-state index in [0.717, 1.165) is 12.1 Å². The van der Waals surface area contributed by atoms with Crippen LogP contribution in [0.15, 0.2) is 30.3 Å². The average molecular weight is 338 g/mol. The fourth-order valence-electron chi connectivity index (χ4n) is 1.82. The molecule has 20 heavy (non-hydrogen) atoms. The summed E-state index contributed by atoms with van der Waals surface area (Å²) < 4.78 is 32.8. The Hall–Kier alpha value is -1.03.